The third kappa shape index (κ3) is 3.38. The van der Waals surface area contributed by atoms with Crippen LogP contribution in [0.1, 0.15) is 33.1 Å². The van der Waals surface area contributed by atoms with Crippen molar-refractivity contribution in [2.45, 2.75) is 39.2 Å². The number of pyridine rings is 1. The van der Waals surface area contributed by atoms with E-state index in [-0.39, 0.29) is 0 Å². The van der Waals surface area contributed by atoms with Gasteiger partial charge in [0.05, 0.1) is 6.61 Å². The van der Waals surface area contributed by atoms with Gasteiger partial charge in [0.15, 0.2) is 11.6 Å². The molecule has 0 spiro atoms. The van der Waals surface area contributed by atoms with Crippen molar-refractivity contribution < 1.29 is 4.74 Å². The molecule has 0 aliphatic carbocycles. The van der Waals surface area contributed by atoms with Crippen LogP contribution in [0.25, 0.3) is 0 Å². The SMILES string of the molecule is CCCOc1cccnc1N1CC(CN)CCC1C. The molecule has 2 heterocycles. The van der Waals surface area contributed by atoms with E-state index in [0.717, 1.165) is 37.7 Å². The Balaban J connectivity index is 2.18. The Morgan fingerprint density at radius 3 is 3.05 bits per heavy atom. The van der Waals surface area contributed by atoms with Gasteiger partial charge >= 0.3 is 0 Å². The van der Waals surface area contributed by atoms with Gasteiger partial charge in [-0.3, -0.25) is 0 Å². The quantitative estimate of drug-likeness (QED) is 0.886. The van der Waals surface area contributed by atoms with E-state index in [1.807, 2.05) is 18.3 Å². The van der Waals surface area contributed by atoms with Crippen molar-refractivity contribution in [1.29, 1.82) is 0 Å². The highest BCUT2D eigenvalue weighted by atomic mass is 16.5. The maximum atomic E-state index is 5.83. The van der Waals surface area contributed by atoms with Crippen LogP contribution < -0.4 is 15.4 Å². The monoisotopic (exact) mass is 263 g/mol. The summed E-state index contributed by atoms with van der Waals surface area (Å²) in [6.07, 6.45) is 5.24. The molecule has 2 N–H and O–H groups in total. The molecule has 0 amide bonds. The molecule has 106 valence electrons. The van der Waals surface area contributed by atoms with Crippen molar-refractivity contribution in [3.8, 4) is 5.75 Å². The van der Waals surface area contributed by atoms with Gasteiger partial charge in [-0.2, -0.15) is 0 Å². The van der Waals surface area contributed by atoms with E-state index >= 15 is 0 Å². The summed E-state index contributed by atoms with van der Waals surface area (Å²) in [5.41, 5.74) is 5.83. The van der Waals surface area contributed by atoms with Crippen molar-refractivity contribution in [3.05, 3.63) is 18.3 Å². The average Bonchev–Trinajstić information content (AvgIpc) is 2.46. The lowest BCUT2D eigenvalue weighted by atomic mass is 9.93. The minimum Gasteiger partial charge on any atom is -0.490 e. The van der Waals surface area contributed by atoms with Crippen molar-refractivity contribution in [2.24, 2.45) is 11.7 Å². The molecule has 0 aromatic carbocycles. The molecule has 19 heavy (non-hydrogen) atoms. The molecular weight excluding hydrogens is 238 g/mol. The van der Waals surface area contributed by atoms with Gasteiger partial charge < -0.3 is 15.4 Å². The third-order valence-corrected chi connectivity index (χ3v) is 3.80. The van der Waals surface area contributed by atoms with Gasteiger partial charge in [-0.1, -0.05) is 6.92 Å². The second-order valence-electron chi connectivity index (χ2n) is 5.35. The average molecular weight is 263 g/mol. The summed E-state index contributed by atoms with van der Waals surface area (Å²) in [6, 6.07) is 4.45. The van der Waals surface area contributed by atoms with Crippen LogP contribution in [-0.4, -0.2) is 30.7 Å². The highest BCUT2D eigenvalue weighted by Gasteiger charge is 2.27. The largest absolute Gasteiger partial charge is 0.490 e. The van der Waals surface area contributed by atoms with Crippen LogP contribution in [0.15, 0.2) is 18.3 Å². The number of nitrogens with zero attached hydrogens (tertiary/aromatic N) is 2. The standard InChI is InChI=1S/C15H25N3O/c1-3-9-19-14-5-4-8-17-15(14)18-11-13(10-16)7-6-12(18)2/h4-5,8,12-13H,3,6-7,9-11,16H2,1-2H3. The van der Waals surface area contributed by atoms with E-state index in [1.165, 1.54) is 12.8 Å². The third-order valence-electron chi connectivity index (χ3n) is 3.80. The van der Waals surface area contributed by atoms with Crippen molar-refractivity contribution >= 4 is 5.82 Å². The molecule has 2 rings (SSSR count). The minimum absolute atomic E-state index is 0.502. The van der Waals surface area contributed by atoms with E-state index in [4.69, 9.17) is 10.5 Å². The van der Waals surface area contributed by atoms with Crippen LogP contribution in [0.2, 0.25) is 0 Å². The number of piperidine rings is 1. The predicted octanol–water partition coefficient (Wildman–Crippen LogP) is 2.43. The molecule has 0 saturated carbocycles. The van der Waals surface area contributed by atoms with Crippen LogP contribution in [-0.2, 0) is 0 Å². The molecule has 1 aliphatic rings. The Hall–Kier alpha value is -1.29. The van der Waals surface area contributed by atoms with Gasteiger partial charge in [-0.15, -0.1) is 0 Å². The second-order valence-corrected chi connectivity index (χ2v) is 5.35. The van der Waals surface area contributed by atoms with E-state index in [1.54, 1.807) is 0 Å². The molecule has 1 aliphatic heterocycles. The lowest BCUT2D eigenvalue weighted by Crippen LogP contribution is -2.44. The summed E-state index contributed by atoms with van der Waals surface area (Å²) < 4.78 is 5.82. The lowest BCUT2D eigenvalue weighted by molar-refractivity contribution is 0.310. The Morgan fingerprint density at radius 2 is 2.32 bits per heavy atom. The fourth-order valence-electron chi connectivity index (χ4n) is 2.59. The number of hydrogen-bond acceptors (Lipinski definition) is 4. The number of hydrogen-bond donors (Lipinski definition) is 1. The van der Waals surface area contributed by atoms with Gasteiger partial charge in [-0.25, -0.2) is 4.98 Å². The van der Waals surface area contributed by atoms with E-state index in [2.05, 4.69) is 23.7 Å². The zero-order valence-electron chi connectivity index (χ0n) is 12.0. The Bertz CT molecular complexity index is 397. The second kappa shape index (κ2) is 6.75. The first kappa shape index (κ1) is 14.1. The summed E-state index contributed by atoms with van der Waals surface area (Å²) in [6.45, 7) is 6.84. The van der Waals surface area contributed by atoms with Crippen molar-refractivity contribution in [1.82, 2.24) is 4.98 Å². The summed E-state index contributed by atoms with van der Waals surface area (Å²) in [5.74, 6) is 2.44. The molecule has 1 aromatic rings. The van der Waals surface area contributed by atoms with E-state index < -0.39 is 0 Å². The Kier molecular flexibility index (Phi) is 5.02. The fourth-order valence-corrected chi connectivity index (χ4v) is 2.59. The molecule has 1 fully saturated rings. The zero-order valence-corrected chi connectivity index (χ0v) is 12.0. The number of ether oxygens (including phenoxy) is 1. The number of anilines is 1. The van der Waals surface area contributed by atoms with Gasteiger partial charge in [0.25, 0.3) is 0 Å². The number of aromatic nitrogens is 1. The van der Waals surface area contributed by atoms with Crippen molar-refractivity contribution in [3.63, 3.8) is 0 Å². The number of rotatable bonds is 5. The molecule has 1 aromatic heterocycles. The smallest absolute Gasteiger partial charge is 0.171 e. The predicted molar refractivity (Wildman–Crippen MR) is 78.6 cm³/mol. The van der Waals surface area contributed by atoms with Crippen LogP contribution in [0.5, 0.6) is 5.75 Å². The Labute approximate surface area is 116 Å². The summed E-state index contributed by atoms with van der Waals surface area (Å²) in [4.78, 5) is 6.89. The summed E-state index contributed by atoms with van der Waals surface area (Å²) >= 11 is 0. The first-order valence-corrected chi connectivity index (χ1v) is 7.30. The molecule has 2 unspecified atom stereocenters. The Morgan fingerprint density at radius 1 is 1.47 bits per heavy atom. The van der Waals surface area contributed by atoms with Crippen LogP contribution in [0, 0.1) is 5.92 Å². The lowest BCUT2D eigenvalue weighted by Gasteiger charge is -2.39. The highest BCUT2D eigenvalue weighted by molar-refractivity contribution is 5.53. The van der Waals surface area contributed by atoms with Crippen LogP contribution in [0.4, 0.5) is 5.82 Å². The maximum Gasteiger partial charge on any atom is 0.171 e. The highest BCUT2D eigenvalue weighted by Crippen LogP contribution is 2.32. The molecular formula is C15H25N3O. The van der Waals surface area contributed by atoms with Crippen LogP contribution in [0.3, 0.4) is 0 Å². The van der Waals surface area contributed by atoms with Crippen molar-refractivity contribution in [2.75, 3.05) is 24.6 Å². The maximum absolute atomic E-state index is 5.83. The van der Waals surface area contributed by atoms with Gasteiger partial charge in [-0.05, 0) is 50.8 Å². The normalized spacial score (nSPS) is 23.4. The number of nitrogens with two attached hydrogens (primary N) is 1. The topological polar surface area (TPSA) is 51.4 Å². The molecule has 0 radical (unpaired) electrons. The fraction of sp³-hybridized carbons (Fsp3) is 0.667. The summed E-state index contributed by atoms with van der Waals surface area (Å²) in [7, 11) is 0. The zero-order chi connectivity index (χ0) is 13.7. The van der Waals surface area contributed by atoms with Gasteiger partial charge in [0.1, 0.15) is 0 Å². The molecule has 2 atom stereocenters. The van der Waals surface area contributed by atoms with E-state index in [9.17, 15) is 0 Å². The van der Waals surface area contributed by atoms with Crippen LogP contribution >= 0.6 is 0 Å². The minimum atomic E-state index is 0.502. The first-order valence-electron chi connectivity index (χ1n) is 7.30. The molecule has 0 bridgehead atoms. The first-order chi connectivity index (χ1) is 9.26. The molecule has 1 saturated heterocycles. The summed E-state index contributed by atoms with van der Waals surface area (Å²) in [5, 5.41) is 0. The van der Waals surface area contributed by atoms with E-state index in [0.29, 0.717) is 12.0 Å². The van der Waals surface area contributed by atoms with Gasteiger partial charge in [0, 0.05) is 18.8 Å². The van der Waals surface area contributed by atoms with Gasteiger partial charge in [0.2, 0.25) is 0 Å². The molecule has 4 heteroatoms. The molecule has 4 nitrogen and oxygen atoms in total.